The average molecular weight is 176 g/mol. The topological polar surface area (TPSA) is 8.17 Å². The van der Waals surface area contributed by atoms with Crippen LogP contribution in [0.5, 0.6) is 0 Å². The highest BCUT2D eigenvalue weighted by atomic mass is 15.1. The van der Waals surface area contributed by atoms with Gasteiger partial charge in [-0.25, -0.2) is 0 Å². The quantitative estimate of drug-likeness (QED) is 0.533. The Bertz CT molecular complexity index is 428. The summed E-state index contributed by atoms with van der Waals surface area (Å²) in [6.45, 7) is 10.3. The van der Waals surface area contributed by atoms with Gasteiger partial charge in [0.25, 0.3) is 0 Å². The van der Waals surface area contributed by atoms with Crippen molar-refractivity contribution in [2.45, 2.75) is 13.0 Å². The molecule has 0 saturated carbocycles. The van der Waals surface area contributed by atoms with Gasteiger partial charge >= 0.3 is 0 Å². The van der Waals surface area contributed by atoms with Gasteiger partial charge in [-0.15, -0.1) is 0 Å². The van der Waals surface area contributed by atoms with Crippen molar-refractivity contribution in [3.05, 3.63) is 21.8 Å². The van der Waals surface area contributed by atoms with E-state index in [4.69, 9.17) is 0 Å². The Morgan fingerprint density at radius 1 is 1.23 bits per heavy atom. The molecule has 70 valence electrons. The molecule has 0 aliphatic carbocycles. The van der Waals surface area contributed by atoms with Gasteiger partial charge in [0.15, 0.2) is 0 Å². The summed E-state index contributed by atoms with van der Waals surface area (Å²) in [5.74, 6) is 0. The van der Waals surface area contributed by atoms with Gasteiger partial charge in [0.1, 0.15) is 0 Å². The van der Waals surface area contributed by atoms with Crippen LogP contribution in [0.15, 0.2) is 0 Å². The summed E-state index contributed by atoms with van der Waals surface area (Å²) < 4.78 is 2.19. The predicted octanol–water partition coefficient (Wildman–Crippen LogP) is -0.166. The van der Waals surface area contributed by atoms with Crippen LogP contribution in [0.3, 0.4) is 0 Å². The molecule has 0 fully saturated rings. The minimum absolute atomic E-state index is 1.03. The molecule has 13 heavy (non-hydrogen) atoms. The zero-order valence-corrected chi connectivity index (χ0v) is 8.43. The number of nitrogens with zero attached hydrogens (tertiary/aromatic N) is 2. The van der Waals surface area contributed by atoms with E-state index in [-0.39, 0.29) is 0 Å². The molecular weight excluding hydrogens is 160 g/mol. The molecule has 0 amide bonds. The zero-order valence-electron chi connectivity index (χ0n) is 8.43. The van der Waals surface area contributed by atoms with Crippen LogP contribution in [0.2, 0.25) is 0 Å². The predicted molar refractivity (Wildman–Crippen MR) is 55.7 cm³/mol. The highest BCUT2D eigenvalue weighted by Gasteiger charge is 2.17. The molecule has 2 heteroatoms. The first-order valence-electron chi connectivity index (χ1n) is 4.64. The van der Waals surface area contributed by atoms with Gasteiger partial charge in [0.05, 0.1) is 0 Å². The highest BCUT2D eigenvalue weighted by Crippen LogP contribution is 2.11. The van der Waals surface area contributed by atoms with Crippen LogP contribution in [0.1, 0.15) is 11.3 Å². The van der Waals surface area contributed by atoms with Crippen LogP contribution in [0.4, 0.5) is 0 Å². The molecule has 1 aliphatic rings. The van der Waals surface area contributed by atoms with E-state index in [0.717, 1.165) is 30.1 Å². The van der Waals surface area contributed by atoms with Crippen molar-refractivity contribution in [2.24, 2.45) is 7.05 Å². The van der Waals surface area contributed by atoms with E-state index >= 15 is 0 Å². The Morgan fingerprint density at radius 2 is 1.92 bits per heavy atom. The first kappa shape index (κ1) is 8.57. The summed E-state index contributed by atoms with van der Waals surface area (Å²) in [6.07, 6.45) is 1.13. The summed E-state index contributed by atoms with van der Waals surface area (Å²) >= 11 is 0. The second kappa shape index (κ2) is 2.74. The number of fused-ring (bicyclic) bond motifs is 1. The van der Waals surface area contributed by atoms with Crippen molar-refractivity contribution in [3.63, 3.8) is 0 Å². The van der Waals surface area contributed by atoms with Crippen molar-refractivity contribution in [3.8, 4) is 0 Å². The molecule has 0 aromatic carbocycles. The summed E-state index contributed by atoms with van der Waals surface area (Å²) in [5, 5.41) is 2.20. The van der Waals surface area contributed by atoms with Crippen molar-refractivity contribution in [2.75, 3.05) is 13.6 Å². The van der Waals surface area contributed by atoms with E-state index in [2.05, 4.69) is 36.7 Å². The molecule has 0 N–H and O–H groups in total. The maximum absolute atomic E-state index is 4.08. The molecule has 0 spiro atoms. The van der Waals surface area contributed by atoms with Crippen molar-refractivity contribution in [1.82, 2.24) is 9.47 Å². The van der Waals surface area contributed by atoms with Crippen molar-refractivity contribution >= 4 is 13.2 Å². The lowest BCUT2D eigenvalue weighted by Crippen LogP contribution is -2.30. The van der Waals surface area contributed by atoms with Crippen LogP contribution >= 0.6 is 0 Å². The van der Waals surface area contributed by atoms with Gasteiger partial charge < -0.3 is 9.47 Å². The average Bonchev–Trinajstić information content (AvgIpc) is 2.32. The van der Waals surface area contributed by atoms with Gasteiger partial charge in [0, 0.05) is 37.6 Å². The SMILES string of the molecule is C=c1c2c(n(C)c1=C)CCN(C)C2. The molecule has 2 nitrogen and oxygen atoms in total. The number of likely N-dealkylation sites (N-methyl/N-ethyl adjacent to an activating group) is 1. The smallest absolute Gasteiger partial charge is 0.0404 e. The van der Waals surface area contributed by atoms with Gasteiger partial charge in [-0.05, 0) is 17.8 Å². The summed E-state index contributed by atoms with van der Waals surface area (Å²) in [5.41, 5.74) is 2.81. The highest BCUT2D eigenvalue weighted by molar-refractivity contribution is 5.31. The molecule has 0 saturated heterocycles. The van der Waals surface area contributed by atoms with E-state index in [1.54, 1.807) is 0 Å². The minimum Gasteiger partial charge on any atom is -0.348 e. The van der Waals surface area contributed by atoms with Crippen LogP contribution < -0.4 is 10.6 Å². The fourth-order valence-electron chi connectivity index (χ4n) is 2.07. The maximum atomic E-state index is 4.08. The largest absolute Gasteiger partial charge is 0.348 e. The zero-order chi connectivity index (χ0) is 9.59. The van der Waals surface area contributed by atoms with Gasteiger partial charge in [-0.2, -0.15) is 0 Å². The second-order valence-corrected chi connectivity index (χ2v) is 3.90. The molecule has 1 aliphatic heterocycles. The van der Waals surface area contributed by atoms with Gasteiger partial charge in [0.2, 0.25) is 0 Å². The molecule has 0 unspecified atom stereocenters. The third-order valence-electron chi connectivity index (χ3n) is 3.03. The summed E-state index contributed by atoms with van der Waals surface area (Å²) in [4.78, 5) is 2.33. The Morgan fingerprint density at radius 3 is 2.62 bits per heavy atom. The van der Waals surface area contributed by atoms with Crippen LogP contribution in [-0.4, -0.2) is 23.1 Å². The normalized spacial score (nSPS) is 17.4. The van der Waals surface area contributed by atoms with E-state index < -0.39 is 0 Å². The molecule has 0 bridgehead atoms. The number of rotatable bonds is 0. The van der Waals surface area contributed by atoms with E-state index in [9.17, 15) is 0 Å². The lowest BCUT2D eigenvalue weighted by molar-refractivity contribution is 0.308. The number of aromatic nitrogens is 1. The Balaban J connectivity index is 2.67. The molecular formula is C11H16N2. The lowest BCUT2D eigenvalue weighted by Gasteiger charge is -2.23. The Hall–Kier alpha value is -1.02. The van der Waals surface area contributed by atoms with E-state index in [1.807, 2.05) is 0 Å². The van der Waals surface area contributed by atoms with E-state index in [1.165, 1.54) is 11.3 Å². The fourth-order valence-corrected chi connectivity index (χ4v) is 2.07. The number of hydrogen-bond acceptors (Lipinski definition) is 1. The second-order valence-electron chi connectivity index (χ2n) is 3.90. The summed E-state index contributed by atoms with van der Waals surface area (Å²) in [6, 6.07) is 0. The fraction of sp³-hybridized carbons (Fsp3) is 0.455. The molecule has 1 aromatic heterocycles. The van der Waals surface area contributed by atoms with E-state index in [0.29, 0.717) is 0 Å². The molecule has 1 aromatic rings. The first-order chi connectivity index (χ1) is 6.11. The van der Waals surface area contributed by atoms with Crippen LogP contribution in [-0.2, 0) is 20.0 Å². The van der Waals surface area contributed by atoms with Crippen molar-refractivity contribution in [1.29, 1.82) is 0 Å². The lowest BCUT2D eigenvalue weighted by atomic mass is 10.1. The van der Waals surface area contributed by atoms with Crippen molar-refractivity contribution < 1.29 is 0 Å². The van der Waals surface area contributed by atoms with Gasteiger partial charge in [-0.1, -0.05) is 13.2 Å². The molecule has 2 heterocycles. The number of hydrogen-bond donors (Lipinski definition) is 0. The van der Waals surface area contributed by atoms with Crippen LogP contribution in [0, 0.1) is 0 Å². The van der Waals surface area contributed by atoms with Gasteiger partial charge in [-0.3, -0.25) is 0 Å². The molecule has 0 atom stereocenters. The minimum atomic E-state index is 1.03. The Kier molecular flexibility index (Phi) is 1.81. The monoisotopic (exact) mass is 176 g/mol. The standard InChI is InChI=1S/C11H16N2/c1-8-9(2)13(4)11-5-6-12(3)7-10(8)11/h1-2,5-7H2,3-4H3. The third-order valence-corrected chi connectivity index (χ3v) is 3.03. The molecule has 0 radical (unpaired) electrons. The third kappa shape index (κ3) is 1.13. The first-order valence-corrected chi connectivity index (χ1v) is 4.64. The van der Waals surface area contributed by atoms with Crippen LogP contribution in [0.25, 0.3) is 13.2 Å². The maximum Gasteiger partial charge on any atom is 0.0404 e. The molecule has 2 rings (SSSR count). The Labute approximate surface area is 78.8 Å². The summed E-state index contributed by atoms with van der Waals surface area (Å²) in [7, 11) is 4.24.